The molecular weight excluding hydrogens is 318 g/mol. The maximum Gasteiger partial charge on any atom is 0.293 e. The van der Waals surface area contributed by atoms with Gasteiger partial charge in [0.2, 0.25) is 0 Å². The minimum atomic E-state index is -0.475. The average molecular weight is 341 g/mol. The second kappa shape index (κ2) is 7.34. The first-order chi connectivity index (χ1) is 11.8. The SMILES string of the molecule is CNC(=O)c1ccc(NC(C)C(C)(C)c2ccccc2)c([N+](=O)[O-])c1. The van der Waals surface area contributed by atoms with Gasteiger partial charge in [0.15, 0.2) is 0 Å². The molecular formula is C19H23N3O3. The molecule has 0 aliphatic rings. The summed E-state index contributed by atoms with van der Waals surface area (Å²) in [4.78, 5) is 22.7. The van der Waals surface area contributed by atoms with Gasteiger partial charge in [-0.3, -0.25) is 14.9 Å². The van der Waals surface area contributed by atoms with Crippen LogP contribution >= 0.6 is 0 Å². The number of rotatable bonds is 6. The number of carbonyl (C=O) groups excluding carboxylic acids is 1. The van der Waals surface area contributed by atoms with E-state index in [2.05, 4.69) is 24.5 Å². The van der Waals surface area contributed by atoms with Crippen molar-refractivity contribution in [3.8, 4) is 0 Å². The van der Waals surface area contributed by atoms with Crippen LogP contribution in [0.25, 0.3) is 0 Å². The zero-order valence-corrected chi connectivity index (χ0v) is 14.9. The molecule has 2 rings (SSSR count). The molecule has 6 heteroatoms. The van der Waals surface area contributed by atoms with Gasteiger partial charge in [-0.25, -0.2) is 0 Å². The Hall–Kier alpha value is -2.89. The third-order valence-electron chi connectivity index (χ3n) is 4.66. The summed E-state index contributed by atoms with van der Waals surface area (Å²) in [5.41, 5.74) is 1.44. The van der Waals surface area contributed by atoms with Crippen LogP contribution in [0.4, 0.5) is 11.4 Å². The molecule has 0 saturated heterocycles. The summed E-state index contributed by atoms with van der Waals surface area (Å²) in [7, 11) is 1.49. The molecule has 0 aliphatic heterocycles. The number of nitrogens with one attached hydrogen (secondary N) is 2. The Bertz CT molecular complexity index is 773. The van der Waals surface area contributed by atoms with Gasteiger partial charge >= 0.3 is 0 Å². The summed E-state index contributed by atoms with van der Waals surface area (Å²) in [6, 6.07) is 14.4. The molecule has 132 valence electrons. The van der Waals surface area contributed by atoms with Crippen molar-refractivity contribution in [3.05, 3.63) is 69.8 Å². The Kier molecular flexibility index (Phi) is 5.41. The van der Waals surface area contributed by atoms with Crippen molar-refractivity contribution >= 4 is 17.3 Å². The molecule has 0 heterocycles. The van der Waals surface area contributed by atoms with E-state index in [1.165, 1.54) is 13.1 Å². The predicted molar refractivity (Wildman–Crippen MR) is 99.0 cm³/mol. The van der Waals surface area contributed by atoms with E-state index < -0.39 is 4.92 Å². The molecule has 0 aliphatic carbocycles. The monoisotopic (exact) mass is 341 g/mol. The summed E-state index contributed by atoms with van der Waals surface area (Å²) in [6.45, 7) is 6.17. The van der Waals surface area contributed by atoms with Crippen molar-refractivity contribution in [2.24, 2.45) is 0 Å². The molecule has 2 aromatic carbocycles. The first-order valence-corrected chi connectivity index (χ1v) is 8.10. The fraction of sp³-hybridized carbons (Fsp3) is 0.316. The van der Waals surface area contributed by atoms with Crippen LogP contribution in [-0.2, 0) is 5.41 Å². The fourth-order valence-corrected chi connectivity index (χ4v) is 2.62. The van der Waals surface area contributed by atoms with Crippen molar-refractivity contribution < 1.29 is 9.72 Å². The van der Waals surface area contributed by atoms with E-state index >= 15 is 0 Å². The summed E-state index contributed by atoms with van der Waals surface area (Å²) in [6.07, 6.45) is 0. The Morgan fingerprint density at radius 1 is 1.16 bits per heavy atom. The average Bonchev–Trinajstić information content (AvgIpc) is 2.61. The van der Waals surface area contributed by atoms with Crippen LogP contribution in [0.15, 0.2) is 48.5 Å². The van der Waals surface area contributed by atoms with Crippen molar-refractivity contribution in [1.29, 1.82) is 0 Å². The largest absolute Gasteiger partial charge is 0.376 e. The van der Waals surface area contributed by atoms with Gasteiger partial charge in [-0.2, -0.15) is 0 Å². The maximum atomic E-state index is 11.7. The first-order valence-electron chi connectivity index (χ1n) is 8.10. The molecule has 25 heavy (non-hydrogen) atoms. The second-order valence-electron chi connectivity index (χ2n) is 6.52. The minimum Gasteiger partial charge on any atom is -0.376 e. The van der Waals surface area contributed by atoms with E-state index in [4.69, 9.17) is 0 Å². The van der Waals surface area contributed by atoms with E-state index in [9.17, 15) is 14.9 Å². The fourth-order valence-electron chi connectivity index (χ4n) is 2.62. The molecule has 1 unspecified atom stereocenters. The van der Waals surface area contributed by atoms with Gasteiger partial charge in [0.25, 0.3) is 11.6 Å². The maximum absolute atomic E-state index is 11.7. The number of hydrogen-bond acceptors (Lipinski definition) is 4. The highest BCUT2D eigenvalue weighted by molar-refractivity contribution is 5.95. The number of nitro groups is 1. The second-order valence-corrected chi connectivity index (χ2v) is 6.52. The lowest BCUT2D eigenvalue weighted by atomic mass is 9.78. The number of carbonyl (C=O) groups is 1. The number of nitrogens with zero attached hydrogens (tertiary/aromatic N) is 1. The lowest BCUT2D eigenvalue weighted by Gasteiger charge is -2.33. The lowest BCUT2D eigenvalue weighted by molar-refractivity contribution is -0.384. The number of nitro benzene ring substituents is 1. The standard InChI is InChI=1S/C19H23N3O3/c1-13(19(2,3)15-8-6-5-7-9-15)21-16-11-10-14(18(23)20-4)12-17(16)22(24)25/h5-13,21H,1-4H3,(H,20,23). The molecule has 0 fully saturated rings. The molecule has 0 bridgehead atoms. The Balaban J connectivity index is 2.33. The zero-order chi connectivity index (χ0) is 18.6. The Morgan fingerprint density at radius 2 is 1.80 bits per heavy atom. The Labute approximate surface area is 147 Å². The highest BCUT2D eigenvalue weighted by Gasteiger charge is 2.29. The van der Waals surface area contributed by atoms with Crippen LogP contribution in [0.1, 0.15) is 36.7 Å². The van der Waals surface area contributed by atoms with Crippen LogP contribution in [-0.4, -0.2) is 23.9 Å². The molecule has 0 spiro atoms. The van der Waals surface area contributed by atoms with Crippen LogP contribution in [0.3, 0.4) is 0 Å². The molecule has 2 aromatic rings. The summed E-state index contributed by atoms with van der Waals surface area (Å²) >= 11 is 0. The topological polar surface area (TPSA) is 84.3 Å². The number of hydrogen-bond donors (Lipinski definition) is 2. The third-order valence-corrected chi connectivity index (χ3v) is 4.66. The lowest BCUT2D eigenvalue weighted by Crippen LogP contribution is -2.37. The van der Waals surface area contributed by atoms with E-state index in [0.29, 0.717) is 5.69 Å². The highest BCUT2D eigenvalue weighted by atomic mass is 16.6. The van der Waals surface area contributed by atoms with Gasteiger partial charge in [0.05, 0.1) is 4.92 Å². The molecule has 0 saturated carbocycles. The smallest absolute Gasteiger partial charge is 0.293 e. The first kappa shape index (κ1) is 18.4. The normalized spacial score (nSPS) is 12.3. The summed E-state index contributed by atoms with van der Waals surface area (Å²) < 4.78 is 0. The van der Waals surface area contributed by atoms with E-state index in [1.807, 2.05) is 37.3 Å². The molecule has 6 nitrogen and oxygen atoms in total. The highest BCUT2D eigenvalue weighted by Crippen LogP contribution is 2.32. The van der Waals surface area contributed by atoms with Crippen molar-refractivity contribution in [3.63, 3.8) is 0 Å². The van der Waals surface area contributed by atoms with Crippen LogP contribution in [0, 0.1) is 10.1 Å². The van der Waals surface area contributed by atoms with Crippen LogP contribution in [0.2, 0.25) is 0 Å². The van der Waals surface area contributed by atoms with Gasteiger partial charge in [-0.15, -0.1) is 0 Å². The number of benzene rings is 2. The van der Waals surface area contributed by atoms with E-state index in [-0.39, 0.29) is 28.6 Å². The van der Waals surface area contributed by atoms with Crippen LogP contribution in [0.5, 0.6) is 0 Å². The van der Waals surface area contributed by atoms with Gasteiger partial charge in [-0.05, 0) is 24.6 Å². The van der Waals surface area contributed by atoms with Crippen molar-refractivity contribution in [2.75, 3.05) is 12.4 Å². The summed E-state index contributed by atoms with van der Waals surface area (Å²) in [5, 5.41) is 17.1. The van der Waals surface area contributed by atoms with E-state index in [1.54, 1.807) is 12.1 Å². The molecule has 2 N–H and O–H groups in total. The molecule has 0 radical (unpaired) electrons. The number of anilines is 1. The molecule has 1 amide bonds. The minimum absolute atomic E-state index is 0.0700. The predicted octanol–water partition coefficient (Wildman–Crippen LogP) is 3.73. The van der Waals surface area contributed by atoms with E-state index in [0.717, 1.165) is 5.56 Å². The Morgan fingerprint density at radius 3 is 2.36 bits per heavy atom. The van der Waals surface area contributed by atoms with Crippen LogP contribution < -0.4 is 10.6 Å². The zero-order valence-electron chi connectivity index (χ0n) is 14.9. The molecule has 0 aromatic heterocycles. The van der Waals surface area contributed by atoms with Gasteiger partial charge in [-0.1, -0.05) is 44.2 Å². The van der Waals surface area contributed by atoms with Gasteiger partial charge < -0.3 is 10.6 Å². The van der Waals surface area contributed by atoms with Gasteiger partial charge in [0, 0.05) is 30.1 Å². The third kappa shape index (κ3) is 3.96. The molecule has 1 atom stereocenters. The quantitative estimate of drug-likeness (QED) is 0.619. The van der Waals surface area contributed by atoms with Crippen molar-refractivity contribution in [1.82, 2.24) is 5.32 Å². The number of amides is 1. The summed E-state index contributed by atoms with van der Waals surface area (Å²) in [5.74, 6) is -0.354. The van der Waals surface area contributed by atoms with Crippen molar-refractivity contribution in [2.45, 2.75) is 32.2 Å². The van der Waals surface area contributed by atoms with Gasteiger partial charge in [0.1, 0.15) is 5.69 Å².